The summed E-state index contributed by atoms with van der Waals surface area (Å²) in [7, 11) is 0. The van der Waals surface area contributed by atoms with Crippen LogP contribution in [0.4, 0.5) is 5.82 Å². The van der Waals surface area contributed by atoms with Gasteiger partial charge in [-0.15, -0.1) is 11.3 Å². The highest BCUT2D eigenvalue weighted by molar-refractivity contribution is 8.01. The molecule has 3 N–H and O–H groups in total. The van der Waals surface area contributed by atoms with Crippen LogP contribution in [0, 0.1) is 0 Å². The molecule has 0 aliphatic heterocycles. The van der Waals surface area contributed by atoms with Gasteiger partial charge in [0.25, 0.3) is 0 Å². The summed E-state index contributed by atoms with van der Waals surface area (Å²) >= 11 is 15.2. The lowest BCUT2D eigenvalue weighted by Crippen LogP contribution is -2.03. The standard InChI is InChI=1S/C15H12Cl2N6OS2/c16-7-2-3-8-11(9(7)17)25-15(21-8)26-14-22-10-12(18)19-6-20-13(10)23(14)4-1-5-24/h2-3,6,24H,1,4-5H2,(H2,18,19,20). The normalized spacial score (nSPS) is 11.7. The molecule has 3 aromatic heterocycles. The largest absolute Gasteiger partial charge is 0.396 e. The zero-order valence-corrected chi connectivity index (χ0v) is 16.3. The van der Waals surface area contributed by atoms with E-state index in [4.69, 9.17) is 28.9 Å². The Hall–Kier alpha value is -1.65. The van der Waals surface area contributed by atoms with Crippen LogP contribution in [0.2, 0.25) is 10.0 Å². The van der Waals surface area contributed by atoms with Gasteiger partial charge in [0.1, 0.15) is 6.33 Å². The number of nitrogens with two attached hydrogens (primary N) is 1. The summed E-state index contributed by atoms with van der Waals surface area (Å²) in [6.07, 6.45) is 1.98. The van der Waals surface area contributed by atoms with Crippen molar-refractivity contribution in [3.63, 3.8) is 0 Å². The van der Waals surface area contributed by atoms with Gasteiger partial charge >= 0.3 is 0 Å². The molecule has 134 valence electrons. The van der Waals surface area contributed by atoms with E-state index in [-0.39, 0.29) is 6.61 Å². The summed E-state index contributed by atoms with van der Waals surface area (Å²) in [4.78, 5) is 17.4. The maximum Gasteiger partial charge on any atom is 0.177 e. The molecule has 7 nitrogen and oxygen atoms in total. The number of anilines is 1. The Morgan fingerprint density at radius 3 is 2.88 bits per heavy atom. The Bertz CT molecular complexity index is 1110. The molecule has 0 saturated carbocycles. The van der Waals surface area contributed by atoms with Crippen molar-refractivity contribution in [2.24, 2.45) is 0 Å². The van der Waals surface area contributed by atoms with Crippen molar-refractivity contribution in [1.29, 1.82) is 0 Å². The van der Waals surface area contributed by atoms with E-state index >= 15 is 0 Å². The summed E-state index contributed by atoms with van der Waals surface area (Å²) in [5, 5.41) is 10.9. The number of thiazole rings is 1. The van der Waals surface area contributed by atoms with Gasteiger partial charge in [0.15, 0.2) is 26.5 Å². The fourth-order valence-electron chi connectivity index (χ4n) is 2.48. The summed E-state index contributed by atoms with van der Waals surface area (Å²) in [5.41, 5.74) is 7.88. The molecule has 0 saturated heterocycles. The molecule has 4 rings (SSSR count). The fraction of sp³-hybridized carbons (Fsp3) is 0.200. The Labute approximate surface area is 166 Å². The number of benzene rings is 1. The van der Waals surface area contributed by atoms with Gasteiger partial charge in [0.2, 0.25) is 0 Å². The van der Waals surface area contributed by atoms with Gasteiger partial charge < -0.3 is 15.4 Å². The Morgan fingerprint density at radius 1 is 1.23 bits per heavy atom. The number of nitrogen functional groups attached to an aromatic ring is 1. The highest BCUT2D eigenvalue weighted by atomic mass is 35.5. The number of aliphatic hydroxyl groups is 1. The van der Waals surface area contributed by atoms with Gasteiger partial charge in [0.05, 0.1) is 20.3 Å². The molecule has 4 aromatic rings. The lowest BCUT2D eigenvalue weighted by Gasteiger charge is -2.05. The monoisotopic (exact) mass is 426 g/mol. The third kappa shape index (κ3) is 3.10. The average Bonchev–Trinajstić information content (AvgIpc) is 3.19. The minimum absolute atomic E-state index is 0.0690. The van der Waals surface area contributed by atoms with Crippen molar-refractivity contribution in [3.8, 4) is 0 Å². The number of fused-ring (bicyclic) bond motifs is 2. The first kappa shape index (κ1) is 17.7. The topological polar surface area (TPSA) is 103 Å². The van der Waals surface area contributed by atoms with Crippen LogP contribution < -0.4 is 5.73 Å². The minimum Gasteiger partial charge on any atom is -0.396 e. The van der Waals surface area contributed by atoms with E-state index in [0.717, 1.165) is 14.6 Å². The van der Waals surface area contributed by atoms with Crippen LogP contribution >= 0.6 is 46.3 Å². The average molecular weight is 427 g/mol. The predicted octanol–water partition coefficient (Wildman–Crippen LogP) is 3.86. The number of aromatic nitrogens is 5. The van der Waals surface area contributed by atoms with Crippen molar-refractivity contribution >= 4 is 73.5 Å². The van der Waals surface area contributed by atoms with Crippen molar-refractivity contribution < 1.29 is 5.11 Å². The van der Waals surface area contributed by atoms with Gasteiger partial charge in [0, 0.05) is 13.2 Å². The van der Waals surface area contributed by atoms with Crippen LogP contribution in [0.3, 0.4) is 0 Å². The molecular formula is C15H12Cl2N6OS2. The second kappa shape index (κ2) is 7.16. The van der Waals surface area contributed by atoms with E-state index in [1.807, 2.05) is 10.6 Å². The second-order valence-corrected chi connectivity index (χ2v) is 8.34. The van der Waals surface area contributed by atoms with E-state index < -0.39 is 0 Å². The highest BCUT2D eigenvalue weighted by Gasteiger charge is 2.18. The molecule has 0 atom stereocenters. The van der Waals surface area contributed by atoms with Gasteiger partial charge in [-0.05, 0) is 30.3 Å². The van der Waals surface area contributed by atoms with Gasteiger partial charge in [-0.25, -0.2) is 19.9 Å². The summed E-state index contributed by atoms with van der Waals surface area (Å²) < 4.78 is 3.52. The molecule has 0 radical (unpaired) electrons. The molecule has 0 unspecified atom stereocenters. The second-order valence-electron chi connectivity index (χ2n) is 5.35. The number of aryl methyl sites for hydroxylation is 1. The van der Waals surface area contributed by atoms with Crippen molar-refractivity contribution in [3.05, 3.63) is 28.5 Å². The van der Waals surface area contributed by atoms with Crippen molar-refractivity contribution in [2.75, 3.05) is 12.3 Å². The summed E-state index contributed by atoms with van der Waals surface area (Å²) in [6.45, 7) is 0.628. The molecule has 0 aliphatic rings. The SMILES string of the molecule is Nc1ncnc2c1nc(Sc1nc3ccc(Cl)c(Cl)c3s1)n2CCCO. The van der Waals surface area contributed by atoms with Gasteiger partial charge in [-0.1, -0.05) is 23.2 Å². The predicted molar refractivity (Wildman–Crippen MR) is 105 cm³/mol. The smallest absolute Gasteiger partial charge is 0.177 e. The molecule has 1 aromatic carbocycles. The molecule has 11 heteroatoms. The quantitative estimate of drug-likeness (QED) is 0.499. The van der Waals surface area contributed by atoms with Crippen LogP contribution in [0.5, 0.6) is 0 Å². The molecule has 0 aliphatic carbocycles. The summed E-state index contributed by atoms with van der Waals surface area (Å²) in [6, 6.07) is 3.56. The minimum atomic E-state index is 0.0690. The number of hydrogen-bond donors (Lipinski definition) is 2. The zero-order valence-electron chi connectivity index (χ0n) is 13.2. The number of halogens is 2. The Kier molecular flexibility index (Phi) is 4.89. The lowest BCUT2D eigenvalue weighted by molar-refractivity contribution is 0.278. The third-order valence-electron chi connectivity index (χ3n) is 3.67. The highest BCUT2D eigenvalue weighted by Crippen LogP contribution is 2.40. The Morgan fingerprint density at radius 2 is 2.08 bits per heavy atom. The molecule has 0 spiro atoms. The van der Waals surface area contributed by atoms with Crippen molar-refractivity contribution in [2.45, 2.75) is 22.5 Å². The molecule has 3 heterocycles. The first-order valence-corrected chi connectivity index (χ1v) is 9.97. The number of imidazole rings is 1. The van der Waals surface area contributed by atoms with Crippen LogP contribution in [0.1, 0.15) is 6.42 Å². The number of hydrogen-bond acceptors (Lipinski definition) is 8. The van der Waals surface area contributed by atoms with Crippen molar-refractivity contribution in [1.82, 2.24) is 24.5 Å². The van der Waals surface area contributed by atoms with E-state index in [1.165, 1.54) is 29.4 Å². The number of rotatable bonds is 5. The van der Waals surface area contributed by atoms with Crippen LogP contribution in [0.25, 0.3) is 21.4 Å². The van der Waals surface area contributed by atoms with E-state index in [2.05, 4.69) is 19.9 Å². The maximum atomic E-state index is 9.19. The fourth-order valence-corrected chi connectivity index (χ4v) is 5.07. The van der Waals surface area contributed by atoms with Crippen LogP contribution in [-0.4, -0.2) is 36.2 Å². The molecule has 0 amide bonds. The van der Waals surface area contributed by atoms with Gasteiger partial charge in [-0.3, -0.25) is 0 Å². The van der Waals surface area contributed by atoms with E-state index in [1.54, 1.807) is 6.07 Å². The Balaban J connectivity index is 1.79. The molecular weight excluding hydrogens is 415 g/mol. The maximum absolute atomic E-state index is 9.19. The first-order valence-electron chi connectivity index (χ1n) is 7.58. The first-order chi connectivity index (χ1) is 12.6. The third-order valence-corrected chi connectivity index (χ3v) is 6.73. The van der Waals surface area contributed by atoms with E-state index in [9.17, 15) is 5.11 Å². The van der Waals surface area contributed by atoms with Crippen LogP contribution in [0.15, 0.2) is 28.0 Å². The zero-order chi connectivity index (χ0) is 18.3. The van der Waals surface area contributed by atoms with Gasteiger partial charge in [-0.2, -0.15) is 0 Å². The molecule has 0 fully saturated rings. The number of aliphatic hydroxyl groups excluding tert-OH is 1. The number of nitrogens with zero attached hydrogens (tertiary/aromatic N) is 5. The molecule has 0 bridgehead atoms. The van der Waals surface area contributed by atoms with Crippen LogP contribution in [-0.2, 0) is 6.54 Å². The summed E-state index contributed by atoms with van der Waals surface area (Å²) in [5.74, 6) is 0.318. The van der Waals surface area contributed by atoms with E-state index in [0.29, 0.717) is 45.1 Å². The lowest BCUT2D eigenvalue weighted by atomic mass is 10.3. The molecule has 26 heavy (non-hydrogen) atoms.